The van der Waals surface area contributed by atoms with Gasteiger partial charge in [0.2, 0.25) is 5.91 Å². The third-order valence-corrected chi connectivity index (χ3v) is 6.85. The second-order valence-electron chi connectivity index (χ2n) is 9.06. The van der Waals surface area contributed by atoms with Crippen molar-refractivity contribution in [3.63, 3.8) is 0 Å². The van der Waals surface area contributed by atoms with Gasteiger partial charge in [-0.3, -0.25) is 4.79 Å². The quantitative estimate of drug-likeness (QED) is 0.817. The number of amides is 3. The van der Waals surface area contributed by atoms with Crippen LogP contribution in [0.2, 0.25) is 0 Å². The lowest BCUT2D eigenvalue weighted by molar-refractivity contribution is -0.133. The average molecular weight is 384 g/mol. The number of urea groups is 1. The molecule has 1 aliphatic heterocycles. The molecule has 5 heteroatoms. The zero-order valence-corrected chi connectivity index (χ0v) is 17.0. The molecular weight excluding hydrogens is 350 g/mol. The van der Waals surface area contributed by atoms with Crippen molar-refractivity contribution in [2.45, 2.75) is 69.7 Å². The van der Waals surface area contributed by atoms with Gasteiger partial charge < -0.3 is 15.5 Å². The smallest absolute Gasteiger partial charge is 0.315 e. The SMILES string of the molecule is Cc1cccc(C2(CNC(=O)NC3CCN(C(=O)C4CC4)CC3)CCCC2)c1. The average Bonchev–Trinajstić information content (AvgIpc) is 3.44. The first-order valence-corrected chi connectivity index (χ1v) is 11.0. The molecule has 152 valence electrons. The molecule has 28 heavy (non-hydrogen) atoms. The predicted octanol–water partition coefficient (Wildman–Crippen LogP) is 3.51. The highest BCUT2D eigenvalue weighted by molar-refractivity contribution is 5.81. The maximum atomic E-state index is 12.5. The molecular formula is C23H33N3O2. The van der Waals surface area contributed by atoms with Crippen molar-refractivity contribution >= 4 is 11.9 Å². The summed E-state index contributed by atoms with van der Waals surface area (Å²) in [5, 5.41) is 6.30. The van der Waals surface area contributed by atoms with Crippen LogP contribution < -0.4 is 10.6 Å². The van der Waals surface area contributed by atoms with Gasteiger partial charge in [-0.15, -0.1) is 0 Å². The van der Waals surface area contributed by atoms with Gasteiger partial charge in [0.25, 0.3) is 0 Å². The third-order valence-electron chi connectivity index (χ3n) is 6.85. The van der Waals surface area contributed by atoms with Crippen molar-refractivity contribution in [3.05, 3.63) is 35.4 Å². The summed E-state index contributed by atoms with van der Waals surface area (Å²) in [5.41, 5.74) is 2.71. The minimum atomic E-state index is -0.0640. The Labute approximate surface area is 168 Å². The first kappa shape index (κ1) is 19.3. The molecule has 0 radical (unpaired) electrons. The normalized spacial score (nSPS) is 22.1. The van der Waals surface area contributed by atoms with E-state index in [0.29, 0.717) is 12.5 Å². The molecule has 2 N–H and O–H groups in total. The summed E-state index contributed by atoms with van der Waals surface area (Å²) in [6, 6.07) is 8.85. The van der Waals surface area contributed by atoms with Crippen molar-refractivity contribution in [1.82, 2.24) is 15.5 Å². The molecule has 1 saturated heterocycles. The molecule has 0 aromatic heterocycles. The third kappa shape index (κ3) is 4.34. The van der Waals surface area contributed by atoms with E-state index < -0.39 is 0 Å². The number of piperidine rings is 1. The largest absolute Gasteiger partial charge is 0.342 e. The number of aryl methyl sites for hydroxylation is 1. The Balaban J connectivity index is 1.27. The minimum absolute atomic E-state index is 0.0640. The fourth-order valence-corrected chi connectivity index (χ4v) is 4.91. The summed E-state index contributed by atoms with van der Waals surface area (Å²) in [6.45, 7) is 4.37. The van der Waals surface area contributed by atoms with E-state index >= 15 is 0 Å². The van der Waals surface area contributed by atoms with Crippen molar-refractivity contribution in [3.8, 4) is 0 Å². The van der Waals surface area contributed by atoms with Gasteiger partial charge in [0.05, 0.1) is 0 Å². The number of hydrogen-bond acceptors (Lipinski definition) is 2. The molecule has 1 aromatic rings. The van der Waals surface area contributed by atoms with Gasteiger partial charge in [0.1, 0.15) is 0 Å². The van der Waals surface area contributed by atoms with Crippen molar-refractivity contribution < 1.29 is 9.59 Å². The molecule has 0 bridgehead atoms. The Morgan fingerprint density at radius 1 is 1.11 bits per heavy atom. The van der Waals surface area contributed by atoms with Crippen LogP contribution in [0.5, 0.6) is 0 Å². The van der Waals surface area contributed by atoms with Crippen LogP contribution >= 0.6 is 0 Å². The summed E-state index contributed by atoms with van der Waals surface area (Å²) in [4.78, 5) is 26.7. The molecule has 1 aromatic carbocycles. The molecule has 3 aliphatic rings. The van der Waals surface area contributed by atoms with Crippen LogP contribution in [0.4, 0.5) is 4.79 Å². The number of hydrogen-bond donors (Lipinski definition) is 2. The zero-order chi connectivity index (χ0) is 19.6. The molecule has 3 fully saturated rings. The second-order valence-corrected chi connectivity index (χ2v) is 9.06. The number of nitrogens with zero attached hydrogens (tertiary/aromatic N) is 1. The van der Waals surface area contributed by atoms with E-state index in [2.05, 4.69) is 41.8 Å². The molecule has 4 rings (SSSR count). The Bertz CT molecular complexity index is 714. The van der Waals surface area contributed by atoms with Crippen molar-refractivity contribution in [2.24, 2.45) is 5.92 Å². The van der Waals surface area contributed by atoms with Crippen LogP contribution in [-0.4, -0.2) is 42.5 Å². The number of nitrogens with one attached hydrogen (secondary N) is 2. The number of rotatable bonds is 5. The number of carbonyl (C=O) groups excluding carboxylic acids is 2. The Hall–Kier alpha value is -2.04. The van der Waals surface area contributed by atoms with E-state index in [1.165, 1.54) is 24.0 Å². The molecule has 1 heterocycles. The first-order valence-electron chi connectivity index (χ1n) is 11.0. The maximum absolute atomic E-state index is 12.5. The predicted molar refractivity (Wildman–Crippen MR) is 110 cm³/mol. The minimum Gasteiger partial charge on any atom is -0.342 e. The van der Waals surface area contributed by atoms with E-state index in [4.69, 9.17) is 0 Å². The first-order chi connectivity index (χ1) is 13.6. The van der Waals surface area contributed by atoms with E-state index in [1.807, 2.05) is 4.90 Å². The lowest BCUT2D eigenvalue weighted by atomic mass is 9.78. The van der Waals surface area contributed by atoms with Crippen LogP contribution in [0.1, 0.15) is 62.5 Å². The standard InChI is InChI=1S/C23H33N3O2/c1-17-5-4-6-19(15-17)23(11-2-3-12-23)16-24-22(28)25-20-9-13-26(14-10-20)21(27)18-7-8-18/h4-6,15,18,20H,2-3,7-14,16H2,1H3,(H2,24,25,28). The van der Waals surface area contributed by atoms with Crippen LogP contribution in [0.3, 0.4) is 0 Å². The van der Waals surface area contributed by atoms with Crippen LogP contribution in [0, 0.1) is 12.8 Å². The summed E-state index contributed by atoms with van der Waals surface area (Å²) >= 11 is 0. The molecule has 0 unspecified atom stereocenters. The fourth-order valence-electron chi connectivity index (χ4n) is 4.91. The molecule has 0 spiro atoms. The number of likely N-dealkylation sites (tertiary alicyclic amines) is 1. The van der Waals surface area contributed by atoms with E-state index in [-0.39, 0.29) is 23.4 Å². The lowest BCUT2D eigenvalue weighted by Gasteiger charge is -2.33. The lowest BCUT2D eigenvalue weighted by Crippen LogP contribution is -2.51. The van der Waals surface area contributed by atoms with Gasteiger partial charge >= 0.3 is 6.03 Å². The highest BCUT2D eigenvalue weighted by Crippen LogP contribution is 2.40. The monoisotopic (exact) mass is 383 g/mol. The summed E-state index contributed by atoms with van der Waals surface area (Å²) in [7, 11) is 0. The Morgan fingerprint density at radius 3 is 2.46 bits per heavy atom. The molecule has 3 amide bonds. The second kappa shape index (κ2) is 8.14. The van der Waals surface area contributed by atoms with Crippen molar-refractivity contribution in [2.75, 3.05) is 19.6 Å². The Morgan fingerprint density at radius 2 is 1.82 bits per heavy atom. The molecule has 0 atom stereocenters. The van der Waals surface area contributed by atoms with Crippen LogP contribution in [-0.2, 0) is 10.2 Å². The maximum Gasteiger partial charge on any atom is 0.315 e. The van der Waals surface area contributed by atoms with Gasteiger partial charge in [0, 0.05) is 37.0 Å². The van der Waals surface area contributed by atoms with Gasteiger partial charge in [0.15, 0.2) is 0 Å². The molecule has 5 nitrogen and oxygen atoms in total. The zero-order valence-electron chi connectivity index (χ0n) is 17.0. The summed E-state index contributed by atoms with van der Waals surface area (Å²) in [5.74, 6) is 0.612. The van der Waals surface area contributed by atoms with Crippen molar-refractivity contribution in [1.29, 1.82) is 0 Å². The molecule has 2 saturated carbocycles. The van der Waals surface area contributed by atoms with E-state index in [1.54, 1.807) is 0 Å². The van der Waals surface area contributed by atoms with Gasteiger partial charge in [-0.25, -0.2) is 4.79 Å². The van der Waals surface area contributed by atoms with Crippen LogP contribution in [0.15, 0.2) is 24.3 Å². The van der Waals surface area contributed by atoms with Gasteiger partial charge in [-0.1, -0.05) is 42.7 Å². The highest BCUT2D eigenvalue weighted by atomic mass is 16.2. The van der Waals surface area contributed by atoms with E-state index in [0.717, 1.165) is 51.6 Å². The molecule has 2 aliphatic carbocycles. The van der Waals surface area contributed by atoms with Gasteiger partial charge in [-0.2, -0.15) is 0 Å². The van der Waals surface area contributed by atoms with Gasteiger partial charge in [-0.05, 0) is 51.0 Å². The topological polar surface area (TPSA) is 61.4 Å². The number of benzene rings is 1. The van der Waals surface area contributed by atoms with Crippen LogP contribution in [0.25, 0.3) is 0 Å². The highest BCUT2D eigenvalue weighted by Gasteiger charge is 2.37. The number of carbonyl (C=O) groups is 2. The summed E-state index contributed by atoms with van der Waals surface area (Å²) < 4.78 is 0. The fraction of sp³-hybridized carbons (Fsp3) is 0.652. The van der Waals surface area contributed by atoms with E-state index in [9.17, 15) is 9.59 Å². The Kier molecular flexibility index (Phi) is 5.61. The summed E-state index contributed by atoms with van der Waals surface area (Å²) in [6.07, 6.45) is 8.56.